The minimum atomic E-state index is 0.417. The van der Waals surface area contributed by atoms with Crippen LogP contribution in [0.3, 0.4) is 0 Å². The van der Waals surface area contributed by atoms with Crippen LogP contribution in [-0.4, -0.2) is 14.8 Å². The molecule has 1 fully saturated rings. The normalized spacial score (nSPS) is 31.7. The molecule has 0 amide bonds. The fourth-order valence-electron chi connectivity index (χ4n) is 2.56. The number of aromatic amines is 1. The van der Waals surface area contributed by atoms with Crippen molar-refractivity contribution in [3.8, 4) is 0 Å². The van der Waals surface area contributed by atoms with Gasteiger partial charge in [0.05, 0.1) is 0 Å². The van der Waals surface area contributed by atoms with E-state index in [0.29, 0.717) is 22.7 Å². The standard InChI is InChI=1S/C10H18N4S/c1-6-4-3-5-8(7(6)2)14-9(11)12-13-10(14)15/h6-8H,3-5H2,1-2H3,(H2,11,12)(H,13,15). The van der Waals surface area contributed by atoms with Crippen LogP contribution in [0.2, 0.25) is 0 Å². The van der Waals surface area contributed by atoms with E-state index in [9.17, 15) is 0 Å². The zero-order valence-electron chi connectivity index (χ0n) is 9.23. The summed E-state index contributed by atoms with van der Waals surface area (Å²) in [6.45, 7) is 4.58. The maximum absolute atomic E-state index is 5.83. The molecule has 0 bridgehead atoms. The number of H-pyrrole nitrogens is 1. The summed E-state index contributed by atoms with van der Waals surface area (Å²) in [5, 5.41) is 6.73. The lowest BCUT2D eigenvalue weighted by molar-refractivity contribution is 0.186. The molecule has 15 heavy (non-hydrogen) atoms. The van der Waals surface area contributed by atoms with Gasteiger partial charge < -0.3 is 5.73 Å². The molecule has 84 valence electrons. The first-order valence-corrected chi connectivity index (χ1v) is 5.94. The van der Waals surface area contributed by atoms with E-state index in [1.165, 1.54) is 12.8 Å². The fraction of sp³-hybridized carbons (Fsp3) is 0.800. The Kier molecular flexibility index (Phi) is 2.82. The third-order valence-corrected chi connectivity index (χ3v) is 4.02. The Labute approximate surface area is 94.9 Å². The summed E-state index contributed by atoms with van der Waals surface area (Å²) in [7, 11) is 0. The molecule has 1 heterocycles. The largest absolute Gasteiger partial charge is 0.368 e. The van der Waals surface area contributed by atoms with Crippen molar-refractivity contribution in [3.05, 3.63) is 4.77 Å². The first kappa shape index (κ1) is 10.7. The van der Waals surface area contributed by atoms with Gasteiger partial charge in [-0.15, -0.1) is 5.10 Å². The lowest BCUT2D eigenvalue weighted by atomic mass is 9.78. The highest BCUT2D eigenvalue weighted by Crippen LogP contribution is 2.38. The number of nitrogen functional groups attached to an aromatic ring is 1. The van der Waals surface area contributed by atoms with Crippen molar-refractivity contribution in [2.75, 3.05) is 5.73 Å². The first-order chi connectivity index (χ1) is 7.11. The summed E-state index contributed by atoms with van der Waals surface area (Å²) in [6.07, 6.45) is 3.72. The summed E-state index contributed by atoms with van der Waals surface area (Å²) < 4.78 is 2.63. The Morgan fingerprint density at radius 3 is 2.80 bits per heavy atom. The Bertz CT molecular complexity index is 394. The van der Waals surface area contributed by atoms with Crippen LogP contribution in [0.5, 0.6) is 0 Å². The van der Waals surface area contributed by atoms with Gasteiger partial charge in [0, 0.05) is 6.04 Å². The van der Waals surface area contributed by atoms with Gasteiger partial charge in [-0.25, -0.2) is 5.10 Å². The predicted octanol–water partition coefficient (Wildman–Crippen LogP) is 2.52. The molecule has 1 aliphatic rings. The van der Waals surface area contributed by atoms with Crippen LogP contribution in [0.25, 0.3) is 0 Å². The molecule has 3 unspecified atom stereocenters. The van der Waals surface area contributed by atoms with E-state index >= 15 is 0 Å². The first-order valence-electron chi connectivity index (χ1n) is 5.53. The molecule has 1 aromatic heterocycles. The second-order valence-corrected chi connectivity index (χ2v) is 4.98. The van der Waals surface area contributed by atoms with Crippen LogP contribution in [0.4, 0.5) is 5.95 Å². The van der Waals surface area contributed by atoms with Gasteiger partial charge in [-0.1, -0.05) is 26.7 Å². The van der Waals surface area contributed by atoms with Crippen molar-refractivity contribution in [1.82, 2.24) is 14.8 Å². The average molecular weight is 226 g/mol. The van der Waals surface area contributed by atoms with E-state index in [1.54, 1.807) is 0 Å². The molecule has 3 atom stereocenters. The molecule has 3 N–H and O–H groups in total. The second-order valence-electron chi connectivity index (χ2n) is 4.59. The number of anilines is 1. The molecule has 4 nitrogen and oxygen atoms in total. The van der Waals surface area contributed by atoms with E-state index in [1.807, 2.05) is 4.57 Å². The fourth-order valence-corrected chi connectivity index (χ4v) is 2.83. The maximum atomic E-state index is 5.83. The number of nitrogens with two attached hydrogens (primary N) is 1. The number of nitrogens with one attached hydrogen (secondary N) is 1. The molecule has 0 radical (unpaired) electrons. The van der Waals surface area contributed by atoms with Gasteiger partial charge in [-0.05, 0) is 30.5 Å². The number of nitrogens with zero attached hydrogens (tertiary/aromatic N) is 2. The van der Waals surface area contributed by atoms with E-state index in [2.05, 4.69) is 24.0 Å². The van der Waals surface area contributed by atoms with Crippen molar-refractivity contribution < 1.29 is 0 Å². The van der Waals surface area contributed by atoms with Crippen molar-refractivity contribution in [2.24, 2.45) is 11.8 Å². The highest BCUT2D eigenvalue weighted by molar-refractivity contribution is 7.71. The van der Waals surface area contributed by atoms with Crippen LogP contribution < -0.4 is 5.73 Å². The van der Waals surface area contributed by atoms with Crippen LogP contribution >= 0.6 is 12.2 Å². The highest BCUT2D eigenvalue weighted by Gasteiger charge is 2.29. The molecular formula is C10H18N4S. The van der Waals surface area contributed by atoms with E-state index in [0.717, 1.165) is 12.3 Å². The van der Waals surface area contributed by atoms with Gasteiger partial charge in [-0.3, -0.25) is 4.57 Å². The molecule has 2 rings (SSSR count). The van der Waals surface area contributed by atoms with Gasteiger partial charge in [0.2, 0.25) is 5.95 Å². The van der Waals surface area contributed by atoms with E-state index < -0.39 is 0 Å². The summed E-state index contributed by atoms with van der Waals surface area (Å²) in [4.78, 5) is 0. The molecule has 0 aliphatic heterocycles. The van der Waals surface area contributed by atoms with E-state index in [-0.39, 0.29) is 0 Å². The molecule has 0 spiro atoms. The molecule has 0 saturated heterocycles. The number of hydrogen-bond donors (Lipinski definition) is 2. The number of rotatable bonds is 1. The van der Waals surface area contributed by atoms with Gasteiger partial charge in [0.1, 0.15) is 0 Å². The molecule has 1 aliphatic carbocycles. The van der Waals surface area contributed by atoms with Crippen LogP contribution in [0, 0.1) is 16.6 Å². The SMILES string of the molecule is CC1CCCC(n2c(N)n[nH]c2=S)C1C. The Hall–Kier alpha value is -0.840. The van der Waals surface area contributed by atoms with Gasteiger partial charge in [0.25, 0.3) is 0 Å². The smallest absolute Gasteiger partial charge is 0.220 e. The summed E-state index contributed by atoms with van der Waals surface area (Å²) in [5.74, 6) is 1.87. The molecule has 1 aromatic rings. The minimum Gasteiger partial charge on any atom is -0.368 e. The third-order valence-electron chi connectivity index (χ3n) is 3.73. The van der Waals surface area contributed by atoms with Crippen LogP contribution in [0.15, 0.2) is 0 Å². The summed E-state index contributed by atoms with van der Waals surface area (Å²) in [6, 6.07) is 0.417. The predicted molar refractivity (Wildman–Crippen MR) is 63.0 cm³/mol. The maximum Gasteiger partial charge on any atom is 0.220 e. The zero-order chi connectivity index (χ0) is 11.0. The summed E-state index contributed by atoms with van der Waals surface area (Å²) >= 11 is 5.21. The Morgan fingerprint density at radius 1 is 1.47 bits per heavy atom. The molecule has 5 heteroatoms. The molecular weight excluding hydrogens is 208 g/mol. The number of hydrogen-bond acceptors (Lipinski definition) is 3. The van der Waals surface area contributed by atoms with Crippen LogP contribution in [0.1, 0.15) is 39.2 Å². The van der Waals surface area contributed by atoms with E-state index in [4.69, 9.17) is 18.0 Å². The lowest BCUT2D eigenvalue weighted by Gasteiger charge is -2.34. The highest BCUT2D eigenvalue weighted by atomic mass is 32.1. The van der Waals surface area contributed by atoms with Gasteiger partial charge in [0.15, 0.2) is 4.77 Å². The Morgan fingerprint density at radius 2 is 2.20 bits per heavy atom. The zero-order valence-corrected chi connectivity index (χ0v) is 10.0. The lowest BCUT2D eigenvalue weighted by Crippen LogP contribution is -2.27. The second kappa shape index (κ2) is 3.96. The van der Waals surface area contributed by atoms with Crippen LogP contribution in [-0.2, 0) is 0 Å². The number of aromatic nitrogens is 3. The quantitative estimate of drug-likeness (QED) is 0.723. The summed E-state index contributed by atoms with van der Waals surface area (Å²) in [5.41, 5.74) is 5.83. The topological polar surface area (TPSA) is 59.6 Å². The van der Waals surface area contributed by atoms with Gasteiger partial charge in [-0.2, -0.15) is 0 Å². The third kappa shape index (κ3) is 1.80. The molecule has 1 saturated carbocycles. The monoisotopic (exact) mass is 226 g/mol. The van der Waals surface area contributed by atoms with Crippen molar-refractivity contribution in [1.29, 1.82) is 0 Å². The molecule has 0 aromatic carbocycles. The van der Waals surface area contributed by atoms with Crippen molar-refractivity contribution in [3.63, 3.8) is 0 Å². The van der Waals surface area contributed by atoms with Gasteiger partial charge >= 0.3 is 0 Å². The minimum absolute atomic E-state index is 0.417. The van der Waals surface area contributed by atoms with Crippen molar-refractivity contribution >= 4 is 18.2 Å². The average Bonchev–Trinajstić information content (AvgIpc) is 2.52. The van der Waals surface area contributed by atoms with Crippen molar-refractivity contribution in [2.45, 2.75) is 39.2 Å². The Balaban J connectivity index is 2.34.